The maximum Gasteiger partial charge on any atom is 0.387 e. The summed E-state index contributed by atoms with van der Waals surface area (Å²) >= 11 is 0. The number of likely N-dealkylation sites (tertiary alicyclic amines) is 1. The van der Waals surface area contributed by atoms with Crippen molar-refractivity contribution in [3.63, 3.8) is 0 Å². The van der Waals surface area contributed by atoms with Crippen LogP contribution < -0.4 is 15.0 Å². The van der Waals surface area contributed by atoms with Crippen molar-refractivity contribution in [3.05, 3.63) is 47.8 Å². The van der Waals surface area contributed by atoms with Crippen LogP contribution in [0, 0.1) is 6.92 Å². The summed E-state index contributed by atoms with van der Waals surface area (Å²) in [5.41, 5.74) is 2.52. The molecule has 0 unspecified atom stereocenters. The molecule has 2 amide bonds. The van der Waals surface area contributed by atoms with E-state index in [1.165, 1.54) is 12.3 Å². The quantitative estimate of drug-likeness (QED) is 0.611. The Labute approximate surface area is 199 Å². The van der Waals surface area contributed by atoms with Gasteiger partial charge in [-0.3, -0.25) is 14.8 Å². The number of ether oxygens (including phenoxy) is 2. The van der Waals surface area contributed by atoms with Crippen molar-refractivity contribution in [1.82, 2.24) is 9.88 Å². The van der Waals surface area contributed by atoms with Crippen molar-refractivity contribution in [3.8, 4) is 5.75 Å². The van der Waals surface area contributed by atoms with Gasteiger partial charge in [0.05, 0.1) is 25.5 Å². The van der Waals surface area contributed by atoms with Crippen LogP contribution in [0.5, 0.6) is 5.75 Å². The number of aromatic nitrogens is 1. The number of carbonyl (C=O) groups is 1. The number of urea groups is 1. The highest BCUT2D eigenvalue weighted by Gasteiger charge is 2.35. The summed E-state index contributed by atoms with van der Waals surface area (Å²) < 4.78 is 36.0. The van der Waals surface area contributed by atoms with Gasteiger partial charge in [0.15, 0.2) is 5.75 Å². The third kappa shape index (κ3) is 5.47. The number of alkyl halides is 2. The molecule has 2 aliphatic heterocycles. The fourth-order valence-electron chi connectivity index (χ4n) is 4.61. The van der Waals surface area contributed by atoms with Gasteiger partial charge in [-0.2, -0.15) is 8.78 Å². The molecular weight excluding hydrogens is 442 g/mol. The van der Waals surface area contributed by atoms with Crippen LogP contribution in [-0.2, 0) is 4.74 Å². The summed E-state index contributed by atoms with van der Waals surface area (Å²) in [6, 6.07) is 9.29. The van der Waals surface area contributed by atoms with Gasteiger partial charge in [0.2, 0.25) is 0 Å². The predicted molar refractivity (Wildman–Crippen MR) is 127 cm³/mol. The number of para-hydroxylation sites is 1. The number of rotatable bonds is 7. The molecule has 9 heteroatoms. The number of piperidine rings is 1. The summed E-state index contributed by atoms with van der Waals surface area (Å²) in [6.45, 7) is 6.12. The molecule has 0 radical (unpaired) electrons. The van der Waals surface area contributed by atoms with Gasteiger partial charge in [0, 0.05) is 36.6 Å². The van der Waals surface area contributed by atoms with Crippen molar-refractivity contribution < 1.29 is 23.0 Å². The molecule has 184 valence electrons. The molecule has 1 N–H and O–H groups in total. The average Bonchev–Trinajstić information content (AvgIpc) is 2.76. The van der Waals surface area contributed by atoms with E-state index in [0.717, 1.165) is 50.4 Å². The Balaban J connectivity index is 1.62. The number of benzene rings is 1. The largest absolute Gasteiger partial charge is 0.432 e. The SMILES string of the molecule is Cc1cc(OC(F)F)c(NC(=O)N(c2ccccc2C(C)C)C2CCN(C3COC3)CC2)cn1. The lowest BCUT2D eigenvalue weighted by Crippen LogP contribution is -2.55. The van der Waals surface area contributed by atoms with Gasteiger partial charge < -0.3 is 14.8 Å². The van der Waals surface area contributed by atoms with Crippen molar-refractivity contribution in [1.29, 1.82) is 0 Å². The second kappa shape index (κ2) is 10.7. The minimum absolute atomic E-state index is 0.0324. The smallest absolute Gasteiger partial charge is 0.387 e. The highest BCUT2D eigenvalue weighted by molar-refractivity contribution is 6.03. The van der Waals surface area contributed by atoms with E-state index in [1.54, 1.807) is 11.8 Å². The third-order valence-corrected chi connectivity index (χ3v) is 6.50. The van der Waals surface area contributed by atoms with Gasteiger partial charge >= 0.3 is 12.6 Å². The maximum atomic E-state index is 13.7. The van der Waals surface area contributed by atoms with E-state index >= 15 is 0 Å². The van der Waals surface area contributed by atoms with Crippen LogP contribution in [0.1, 0.15) is 43.9 Å². The number of halogens is 2. The molecule has 0 spiro atoms. The van der Waals surface area contributed by atoms with Crippen molar-refractivity contribution >= 4 is 17.4 Å². The van der Waals surface area contributed by atoms with E-state index in [1.807, 2.05) is 24.3 Å². The van der Waals surface area contributed by atoms with Crippen LogP contribution >= 0.6 is 0 Å². The summed E-state index contributed by atoms with van der Waals surface area (Å²) in [6.07, 6.45) is 2.97. The van der Waals surface area contributed by atoms with Crippen LogP contribution in [0.25, 0.3) is 0 Å². The van der Waals surface area contributed by atoms with Crippen LogP contribution in [0.4, 0.5) is 25.0 Å². The van der Waals surface area contributed by atoms with E-state index in [9.17, 15) is 13.6 Å². The first kappa shape index (κ1) is 24.3. The number of hydrogen-bond donors (Lipinski definition) is 1. The maximum absolute atomic E-state index is 13.7. The van der Waals surface area contributed by atoms with Gasteiger partial charge in [-0.1, -0.05) is 32.0 Å². The van der Waals surface area contributed by atoms with Crippen LogP contribution in [-0.4, -0.2) is 60.9 Å². The normalized spacial score (nSPS) is 17.6. The first-order chi connectivity index (χ1) is 16.3. The average molecular weight is 475 g/mol. The molecule has 2 saturated heterocycles. The molecule has 2 aromatic rings. The number of amides is 2. The van der Waals surface area contributed by atoms with E-state index < -0.39 is 6.61 Å². The first-order valence-corrected chi connectivity index (χ1v) is 11.8. The molecule has 34 heavy (non-hydrogen) atoms. The minimum Gasteiger partial charge on any atom is -0.432 e. The van der Waals surface area contributed by atoms with Gasteiger partial charge in [-0.15, -0.1) is 0 Å². The number of anilines is 2. The van der Waals surface area contributed by atoms with Crippen molar-refractivity contribution in [2.75, 3.05) is 36.5 Å². The number of nitrogens with zero attached hydrogens (tertiary/aromatic N) is 3. The van der Waals surface area contributed by atoms with Gasteiger partial charge in [-0.05, 0) is 37.3 Å². The predicted octanol–water partition coefficient (Wildman–Crippen LogP) is 5.02. The minimum atomic E-state index is -3.00. The Bertz CT molecular complexity index is 992. The second-order valence-corrected chi connectivity index (χ2v) is 9.17. The fourth-order valence-corrected chi connectivity index (χ4v) is 4.61. The van der Waals surface area contributed by atoms with E-state index in [0.29, 0.717) is 11.7 Å². The summed E-state index contributed by atoms with van der Waals surface area (Å²) in [5, 5.41) is 2.79. The fraction of sp³-hybridized carbons (Fsp3) is 0.520. The van der Waals surface area contributed by atoms with Crippen molar-refractivity contribution in [2.45, 2.75) is 58.2 Å². The van der Waals surface area contributed by atoms with E-state index in [4.69, 9.17) is 4.74 Å². The Morgan fingerprint density at radius 2 is 1.94 bits per heavy atom. The highest BCUT2D eigenvalue weighted by atomic mass is 19.3. The Morgan fingerprint density at radius 3 is 2.56 bits per heavy atom. The number of nitrogens with one attached hydrogen (secondary N) is 1. The third-order valence-electron chi connectivity index (χ3n) is 6.50. The van der Waals surface area contributed by atoms with Gasteiger partial charge in [-0.25, -0.2) is 4.79 Å². The molecule has 4 rings (SSSR count). The molecule has 2 aliphatic rings. The molecule has 1 aromatic heterocycles. The lowest BCUT2D eigenvalue weighted by atomic mass is 9.96. The number of pyridine rings is 1. The second-order valence-electron chi connectivity index (χ2n) is 9.17. The molecule has 0 atom stereocenters. The number of hydrogen-bond acceptors (Lipinski definition) is 5. The molecule has 0 bridgehead atoms. The zero-order chi connectivity index (χ0) is 24.2. The van der Waals surface area contributed by atoms with Gasteiger partial charge in [0.1, 0.15) is 5.69 Å². The van der Waals surface area contributed by atoms with Gasteiger partial charge in [0.25, 0.3) is 0 Å². The summed E-state index contributed by atoms with van der Waals surface area (Å²) in [4.78, 5) is 22.1. The molecule has 0 saturated carbocycles. The molecule has 2 fully saturated rings. The monoisotopic (exact) mass is 474 g/mol. The highest BCUT2D eigenvalue weighted by Crippen LogP contribution is 2.34. The Hall–Kier alpha value is -2.78. The number of aryl methyl sites for hydroxylation is 1. The van der Waals surface area contributed by atoms with Crippen LogP contribution in [0.15, 0.2) is 36.5 Å². The molecule has 3 heterocycles. The van der Waals surface area contributed by atoms with Crippen LogP contribution in [0.2, 0.25) is 0 Å². The number of carbonyl (C=O) groups excluding carboxylic acids is 1. The summed E-state index contributed by atoms with van der Waals surface area (Å²) in [7, 11) is 0. The molecule has 1 aromatic carbocycles. The lowest BCUT2D eigenvalue weighted by molar-refractivity contribution is -0.0710. The lowest BCUT2D eigenvalue weighted by Gasteiger charge is -2.44. The molecule has 7 nitrogen and oxygen atoms in total. The van der Waals surface area contributed by atoms with E-state index in [2.05, 4.69) is 33.8 Å². The van der Waals surface area contributed by atoms with Crippen molar-refractivity contribution in [2.24, 2.45) is 0 Å². The van der Waals surface area contributed by atoms with Crippen LogP contribution in [0.3, 0.4) is 0 Å². The topological polar surface area (TPSA) is 66.9 Å². The molecular formula is C25H32F2N4O3. The zero-order valence-corrected chi connectivity index (χ0v) is 19.8. The Kier molecular flexibility index (Phi) is 7.63. The molecule has 0 aliphatic carbocycles. The zero-order valence-electron chi connectivity index (χ0n) is 19.8. The summed E-state index contributed by atoms with van der Waals surface area (Å²) in [5.74, 6) is 0.102. The first-order valence-electron chi connectivity index (χ1n) is 11.8. The standard InChI is InChI=1S/C25H32F2N4O3/c1-16(2)20-6-4-5-7-22(20)31(18-8-10-30(11-9-18)19-14-33-15-19)25(32)29-21-13-28-17(3)12-23(21)34-24(26)27/h4-7,12-13,16,18-19,24H,8-11,14-15H2,1-3H3,(H,29,32). The van der Waals surface area contributed by atoms with E-state index in [-0.39, 0.29) is 29.4 Å². The Morgan fingerprint density at radius 1 is 1.24 bits per heavy atom.